The molecule has 2 aliphatic rings. The molecule has 4 rings (SSSR count). The molecule has 0 amide bonds. The summed E-state index contributed by atoms with van der Waals surface area (Å²) in [5, 5.41) is 6.12. The number of piperidine rings is 2. The molecular formula is C20H28N4O3S. The van der Waals surface area contributed by atoms with E-state index in [0.29, 0.717) is 30.9 Å². The van der Waals surface area contributed by atoms with Gasteiger partial charge in [0.2, 0.25) is 11.7 Å². The van der Waals surface area contributed by atoms with E-state index in [-0.39, 0.29) is 11.9 Å². The summed E-state index contributed by atoms with van der Waals surface area (Å²) >= 11 is 1.62. The minimum absolute atomic E-state index is 0.0254. The number of carbonyl (C=O) groups is 1. The summed E-state index contributed by atoms with van der Waals surface area (Å²) in [6.07, 6.45) is 4.26. The van der Waals surface area contributed by atoms with Crippen molar-refractivity contribution < 1.29 is 14.1 Å². The maximum absolute atomic E-state index is 12.1. The third kappa shape index (κ3) is 4.61. The Balaban J connectivity index is 1.26. The average molecular weight is 405 g/mol. The smallest absolute Gasteiger partial charge is 0.310 e. The van der Waals surface area contributed by atoms with Crippen molar-refractivity contribution in [1.82, 2.24) is 19.9 Å². The molecule has 2 aromatic heterocycles. The van der Waals surface area contributed by atoms with Crippen molar-refractivity contribution in [3.05, 3.63) is 23.4 Å². The molecule has 8 heteroatoms. The fraction of sp³-hybridized carbons (Fsp3) is 0.650. The zero-order chi connectivity index (χ0) is 19.3. The minimum atomic E-state index is -0.0254. The number of hydrogen-bond acceptors (Lipinski definition) is 8. The third-order valence-corrected chi connectivity index (χ3v) is 6.58. The van der Waals surface area contributed by atoms with Crippen molar-refractivity contribution in [3.63, 3.8) is 0 Å². The van der Waals surface area contributed by atoms with E-state index in [4.69, 9.17) is 9.26 Å². The molecule has 2 aromatic rings. The van der Waals surface area contributed by atoms with Crippen molar-refractivity contribution in [2.45, 2.75) is 45.2 Å². The standard InChI is InChI=1S/C20H28N4O3S/c1-2-26-20(25)15-5-3-9-24(13-15)16-7-10-23(11-8-16)14-18-21-19(22-27-18)17-6-4-12-28-17/h4,6,12,15-16H,2-3,5,7-11,13-14H2,1H3/t15-/m0/s1. The van der Waals surface area contributed by atoms with Crippen LogP contribution in [0.2, 0.25) is 0 Å². The molecule has 2 fully saturated rings. The molecule has 0 radical (unpaired) electrons. The highest BCUT2D eigenvalue weighted by molar-refractivity contribution is 7.13. The van der Waals surface area contributed by atoms with Crippen LogP contribution < -0.4 is 0 Å². The van der Waals surface area contributed by atoms with Crippen molar-refractivity contribution in [2.24, 2.45) is 5.92 Å². The first-order valence-electron chi connectivity index (χ1n) is 10.2. The number of esters is 1. The van der Waals surface area contributed by atoms with Crippen molar-refractivity contribution in [3.8, 4) is 10.7 Å². The summed E-state index contributed by atoms with van der Waals surface area (Å²) in [4.78, 5) is 22.5. The van der Waals surface area contributed by atoms with E-state index in [0.717, 1.165) is 56.7 Å². The van der Waals surface area contributed by atoms with Crippen LogP contribution >= 0.6 is 11.3 Å². The lowest BCUT2D eigenvalue weighted by molar-refractivity contribution is -0.150. The molecule has 7 nitrogen and oxygen atoms in total. The number of nitrogens with zero attached hydrogens (tertiary/aromatic N) is 4. The van der Waals surface area contributed by atoms with Crippen LogP contribution in [0.5, 0.6) is 0 Å². The average Bonchev–Trinajstić information content (AvgIpc) is 3.41. The van der Waals surface area contributed by atoms with Crippen LogP contribution in [-0.2, 0) is 16.1 Å². The van der Waals surface area contributed by atoms with E-state index < -0.39 is 0 Å². The molecule has 0 spiro atoms. The Labute approximate surface area is 169 Å². The van der Waals surface area contributed by atoms with Crippen LogP contribution in [0.4, 0.5) is 0 Å². The summed E-state index contributed by atoms with van der Waals surface area (Å²) in [6, 6.07) is 4.55. The van der Waals surface area contributed by atoms with Gasteiger partial charge in [0.25, 0.3) is 0 Å². The first-order valence-corrected chi connectivity index (χ1v) is 11.1. The topological polar surface area (TPSA) is 71.7 Å². The number of rotatable bonds is 6. The Morgan fingerprint density at radius 2 is 2.18 bits per heavy atom. The molecule has 2 saturated heterocycles. The molecule has 0 aromatic carbocycles. The highest BCUT2D eigenvalue weighted by atomic mass is 32.1. The van der Waals surface area contributed by atoms with E-state index in [1.165, 1.54) is 0 Å². The summed E-state index contributed by atoms with van der Waals surface area (Å²) in [5.41, 5.74) is 0. The highest BCUT2D eigenvalue weighted by Gasteiger charge is 2.32. The predicted molar refractivity (Wildman–Crippen MR) is 107 cm³/mol. The van der Waals surface area contributed by atoms with E-state index in [1.54, 1.807) is 11.3 Å². The van der Waals surface area contributed by atoms with Crippen LogP contribution in [0, 0.1) is 5.92 Å². The molecule has 0 saturated carbocycles. The van der Waals surface area contributed by atoms with Gasteiger partial charge >= 0.3 is 5.97 Å². The van der Waals surface area contributed by atoms with E-state index in [1.807, 2.05) is 24.4 Å². The molecular weight excluding hydrogens is 376 g/mol. The van der Waals surface area contributed by atoms with Gasteiger partial charge in [-0.05, 0) is 50.6 Å². The zero-order valence-electron chi connectivity index (χ0n) is 16.4. The Hall–Kier alpha value is -1.77. The monoisotopic (exact) mass is 404 g/mol. The van der Waals surface area contributed by atoms with Crippen LogP contribution in [-0.4, -0.2) is 64.7 Å². The normalized spacial score (nSPS) is 22.4. The summed E-state index contributed by atoms with van der Waals surface area (Å²) in [5.74, 6) is 1.38. The summed E-state index contributed by atoms with van der Waals surface area (Å²) in [7, 11) is 0. The zero-order valence-corrected chi connectivity index (χ0v) is 17.2. The molecule has 152 valence electrons. The Morgan fingerprint density at radius 1 is 1.32 bits per heavy atom. The summed E-state index contributed by atoms with van der Waals surface area (Å²) in [6.45, 7) is 7.02. The van der Waals surface area contributed by atoms with Crippen LogP contribution in [0.3, 0.4) is 0 Å². The van der Waals surface area contributed by atoms with Gasteiger partial charge in [0, 0.05) is 25.7 Å². The number of aromatic nitrogens is 2. The van der Waals surface area contributed by atoms with Crippen molar-refractivity contribution in [2.75, 3.05) is 32.8 Å². The second kappa shape index (κ2) is 9.15. The van der Waals surface area contributed by atoms with Gasteiger partial charge in [-0.2, -0.15) is 4.98 Å². The number of thiophene rings is 1. The SMILES string of the molecule is CCOC(=O)[C@H]1CCCN(C2CCN(Cc3nc(-c4cccs4)no3)CC2)C1. The maximum atomic E-state index is 12.1. The first kappa shape index (κ1) is 19.5. The Kier molecular flexibility index (Phi) is 6.39. The van der Waals surface area contributed by atoms with Crippen LogP contribution in [0.25, 0.3) is 10.7 Å². The predicted octanol–water partition coefficient (Wildman–Crippen LogP) is 3.04. The second-order valence-corrected chi connectivity index (χ2v) is 8.53. The summed E-state index contributed by atoms with van der Waals surface area (Å²) < 4.78 is 10.7. The van der Waals surface area contributed by atoms with E-state index >= 15 is 0 Å². The third-order valence-electron chi connectivity index (χ3n) is 5.71. The van der Waals surface area contributed by atoms with Gasteiger partial charge in [-0.1, -0.05) is 11.2 Å². The molecule has 28 heavy (non-hydrogen) atoms. The van der Waals surface area contributed by atoms with Gasteiger partial charge in [-0.15, -0.1) is 11.3 Å². The minimum Gasteiger partial charge on any atom is -0.466 e. The fourth-order valence-corrected chi connectivity index (χ4v) is 4.90. The van der Waals surface area contributed by atoms with E-state index in [2.05, 4.69) is 19.9 Å². The van der Waals surface area contributed by atoms with Crippen LogP contribution in [0.1, 0.15) is 38.5 Å². The molecule has 0 aliphatic carbocycles. The van der Waals surface area contributed by atoms with Gasteiger partial charge in [-0.3, -0.25) is 14.6 Å². The largest absolute Gasteiger partial charge is 0.466 e. The maximum Gasteiger partial charge on any atom is 0.310 e. The van der Waals surface area contributed by atoms with Crippen molar-refractivity contribution >= 4 is 17.3 Å². The van der Waals surface area contributed by atoms with Gasteiger partial charge in [-0.25, -0.2) is 0 Å². The molecule has 0 N–H and O–H groups in total. The second-order valence-electron chi connectivity index (χ2n) is 7.58. The quantitative estimate of drug-likeness (QED) is 0.685. The number of likely N-dealkylation sites (tertiary alicyclic amines) is 2. The van der Waals surface area contributed by atoms with Gasteiger partial charge < -0.3 is 9.26 Å². The molecule has 0 unspecified atom stereocenters. The fourth-order valence-electron chi connectivity index (χ4n) is 4.25. The number of hydrogen-bond donors (Lipinski definition) is 0. The first-order chi connectivity index (χ1) is 13.7. The highest BCUT2D eigenvalue weighted by Crippen LogP contribution is 2.26. The van der Waals surface area contributed by atoms with E-state index in [9.17, 15) is 4.79 Å². The molecule has 2 aliphatic heterocycles. The van der Waals surface area contributed by atoms with Gasteiger partial charge in [0.1, 0.15) is 0 Å². The van der Waals surface area contributed by atoms with Crippen molar-refractivity contribution in [1.29, 1.82) is 0 Å². The van der Waals surface area contributed by atoms with Crippen LogP contribution in [0.15, 0.2) is 22.0 Å². The lowest BCUT2D eigenvalue weighted by atomic mass is 9.94. The lowest BCUT2D eigenvalue weighted by Gasteiger charge is -2.41. The number of ether oxygens (including phenoxy) is 1. The Bertz CT molecular complexity index is 755. The molecule has 4 heterocycles. The van der Waals surface area contributed by atoms with Gasteiger partial charge in [0.15, 0.2) is 0 Å². The van der Waals surface area contributed by atoms with Gasteiger partial charge in [0.05, 0.1) is 23.9 Å². The lowest BCUT2D eigenvalue weighted by Crippen LogP contribution is -2.49. The number of carbonyl (C=O) groups excluding carboxylic acids is 1. The Morgan fingerprint density at radius 3 is 2.93 bits per heavy atom. The molecule has 0 bridgehead atoms. The molecule has 1 atom stereocenters.